The quantitative estimate of drug-likeness (QED) is 0.394. The first-order valence-corrected chi connectivity index (χ1v) is 12.6. The van der Waals surface area contributed by atoms with Crippen molar-refractivity contribution in [2.24, 2.45) is 0 Å². The molecule has 1 N–H and O–H groups in total. The van der Waals surface area contributed by atoms with Crippen LogP contribution in [0.5, 0.6) is 0 Å². The zero-order valence-electron chi connectivity index (χ0n) is 19.6. The van der Waals surface area contributed by atoms with E-state index in [4.69, 9.17) is 4.74 Å². The number of anilines is 1. The lowest BCUT2D eigenvalue weighted by Gasteiger charge is -2.18. The molecule has 0 aliphatic rings. The van der Waals surface area contributed by atoms with Crippen molar-refractivity contribution in [1.82, 2.24) is 4.31 Å². The molecule has 1 amide bonds. The van der Waals surface area contributed by atoms with Gasteiger partial charge in [0.1, 0.15) is 0 Å². The van der Waals surface area contributed by atoms with E-state index in [2.05, 4.69) is 5.32 Å². The van der Waals surface area contributed by atoms with E-state index in [9.17, 15) is 18.0 Å². The van der Waals surface area contributed by atoms with Gasteiger partial charge in [-0.25, -0.2) is 13.2 Å². The summed E-state index contributed by atoms with van der Waals surface area (Å²) >= 11 is 0. The predicted molar refractivity (Wildman–Crippen MR) is 130 cm³/mol. The van der Waals surface area contributed by atoms with Crippen molar-refractivity contribution in [1.29, 1.82) is 0 Å². The number of para-hydroxylation sites is 1. The van der Waals surface area contributed by atoms with Crippen molar-refractivity contribution < 1.29 is 22.7 Å². The van der Waals surface area contributed by atoms with Gasteiger partial charge in [-0.15, -0.1) is 0 Å². The molecule has 8 heteroatoms. The highest BCUT2D eigenvalue weighted by atomic mass is 32.2. The second kappa shape index (κ2) is 12.3. The molecular weight excluding hydrogens is 440 g/mol. The molecule has 33 heavy (non-hydrogen) atoms. The Hall–Kier alpha value is -2.97. The summed E-state index contributed by atoms with van der Waals surface area (Å²) in [4.78, 5) is 24.5. The van der Waals surface area contributed by atoms with E-state index in [1.54, 1.807) is 26.0 Å². The zero-order valence-corrected chi connectivity index (χ0v) is 20.4. The van der Waals surface area contributed by atoms with Gasteiger partial charge < -0.3 is 10.1 Å². The zero-order chi connectivity index (χ0) is 24.4. The number of carbonyl (C=O) groups excluding carboxylic acids is 2. The van der Waals surface area contributed by atoms with Crippen LogP contribution in [0.25, 0.3) is 6.08 Å². The molecule has 0 aliphatic carbocycles. The average Bonchev–Trinajstić information content (AvgIpc) is 2.82. The van der Waals surface area contributed by atoms with Gasteiger partial charge in [-0.1, -0.05) is 58.0 Å². The summed E-state index contributed by atoms with van der Waals surface area (Å²) in [6.45, 7) is 7.99. The smallest absolute Gasteiger partial charge is 0.331 e. The van der Waals surface area contributed by atoms with E-state index in [0.29, 0.717) is 18.7 Å². The first-order chi connectivity index (χ1) is 15.8. The third-order valence-corrected chi connectivity index (χ3v) is 7.31. The molecule has 0 unspecified atom stereocenters. The van der Waals surface area contributed by atoms with Crippen molar-refractivity contribution in [3.8, 4) is 0 Å². The van der Waals surface area contributed by atoms with E-state index in [1.807, 2.05) is 32.0 Å². The van der Waals surface area contributed by atoms with Crippen LogP contribution >= 0.6 is 0 Å². The van der Waals surface area contributed by atoms with Gasteiger partial charge in [0, 0.05) is 24.9 Å². The third-order valence-electron chi connectivity index (χ3n) is 5.24. The van der Waals surface area contributed by atoms with Crippen molar-refractivity contribution in [2.45, 2.75) is 45.4 Å². The number of sulfonamides is 1. The summed E-state index contributed by atoms with van der Waals surface area (Å²) in [5.74, 6) is -1.07. The molecule has 0 atom stereocenters. The van der Waals surface area contributed by atoms with E-state index >= 15 is 0 Å². The highest BCUT2D eigenvalue weighted by molar-refractivity contribution is 7.89. The molecule has 0 spiro atoms. The summed E-state index contributed by atoms with van der Waals surface area (Å²) in [6.07, 6.45) is 4.27. The van der Waals surface area contributed by atoms with Crippen LogP contribution in [0.4, 0.5) is 5.69 Å². The van der Waals surface area contributed by atoms with E-state index < -0.39 is 28.5 Å². The largest absolute Gasteiger partial charge is 0.452 e. The average molecular weight is 473 g/mol. The highest BCUT2D eigenvalue weighted by Gasteiger charge is 2.21. The normalized spacial score (nSPS) is 11.7. The van der Waals surface area contributed by atoms with Crippen LogP contribution in [0.2, 0.25) is 0 Å². The number of rotatable bonds is 11. The number of aryl methyl sites for hydroxylation is 2. The Morgan fingerprint density at radius 2 is 1.52 bits per heavy atom. The molecule has 0 saturated carbocycles. The first kappa shape index (κ1) is 26.3. The van der Waals surface area contributed by atoms with Gasteiger partial charge >= 0.3 is 5.97 Å². The van der Waals surface area contributed by atoms with Crippen LogP contribution < -0.4 is 5.32 Å². The van der Waals surface area contributed by atoms with Gasteiger partial charge in [0.2, 0.25) is 10.0 Å². The molecule has 0 bridgehead atoms. The molecule has 2 rings (SSSR count). The fourth-order valence-corrected chi connectivity index (χ4v) is 4.85. The Balaban J connectivity index is 1.95. The highest BCUT2D eigenvalue weighted by Crippen LogP contribution is 2.22. The van der Waals surface area contributed by atoms with Gasteiger partial charge in [0.25, 0.3) is 5.91 Å². The molecule has 7 nitrogen and oxygen atoms in total. The number of ether oxygens (including phenoxy) is 1. The van der Waals surface area contributed by atoms with E-state index in [1.165, 1.54) is 28.6 Å². The van der Waals surface area contributed by atoms with Gasteiger partial charge in [-0.3, -0.25) is 4.79 Å². The Labute approximate surface area is 196 Å². The fraction of sp³-hybridized carbons (Fsp3) is 0.360. The standard InChI is InChI=1S/C25H32N2O5S/c1-5-20-10-9-11-21(6-2)25(20)26-23(28)18-32-24(29)17-14-19-12-15-22(16-13-19)33(30,31)27(7-3)8-4/h9-17H,5-8,18H2,1-4H3,(H,26,28)/b17-14+. The summed E-state index contributed by atoms with van der Waals surface area (Å²) in [7, 11) is -3.53. The summed E-state index contributed by atoms with van der Waals surface area (Å²) in [6, 6.07) is 12.1. The van der Waals surface area contributed by atoms with Crippen molar-refractivity contribution in [3.63, 3.8) is 0 Å². The molecule has 0 saturated heterocycles. The minimum Gasteiger partial charge on any atom is -0.452 e. The minimum atomic E-state index is -3.53. The number of nitrogens with zero attached hydrogens (tertiary/aromatic N) is 1. The van der Waals surface area contributed by atoms with Crippen molar-refractivity contribution in [2.75, 3.05) is 25.0 Å². The maximum atomic E-state index is 12.5. The molecule has 0 aromatic heterocycles. The number of benzene rings is 2. The van der Waals surface area contributed by atoms with Crippen molar-refractivity contribution >= 4 is 33.7 Å². The van der Waals surface area contributed by atoms with Crippen LogP contribution in [0, 0.1) is 0 Å². The number of hydrogen-bond donors (Lipinski definition) is 1. The number of nitrogens with one attached hydrogen (secondary N) is 1. The lowest BCUT2D eigenvalue weighted by Crippen LogP contribution is -2.30. The second-order valence-corrected chi connectivity index (χ2v) is 9.24. The Bertz CT molecular complexity index is 1070. The minimum absolute atomic E-state index is 0.196. The van der Waals surface area contributed by atoms with Crippen LogP contribution in [0.1, 0.15) is 44.4 Å². The van der Waals surface area contributed by atoms with Crippen LogP contribution in [0.3, 0.4) is 0 Å². The first-order valence-electron chi connectivity index (χ1n) is 11.1. The lowest BCUT2D eigenvalue weighted by atomic mass is 10.0. The Morgan fingerprint density at radius 1 is 0.939 bits per heavy atom. The topological polar surface area (TPSA) is 92.8 Å². The fourth-order valence-electron chi connectivity index (χ4n) is 3.39. The summed E-state index contributed by atoms with van der Waals surface area (Å²) in [5.41, 5.74) is 3.47. The van der Waals surface area contributed by atoms with Crippen molar-refractivity contribution in [3.05, 3.63) is 65.2 Å². The Morgan fingerprint density at radius 3 is 2.03 bits per heavy atom. The number of esters is 1. The second-order valence-electron chi connectivity index (χ2n) is 7.31. The van der Waals surface area contributed by atoms with Crippen LogP contribution in [-0.4, -0.2) is 44.3 Å². The van der Waals surface area contributed by atoms with Gasteiger partial charge in [0.05, 0.1) is 4.90 Å². The molecule has 0 fully saturated rings. The molecule has 0 heterocycles. The number of amides is 1. The van der Waals surface area contributed by atoms with Gasteiger partial charge in [-0.2, -0.15) is 4.31 Å². The maximum Gasteiger partial charge on any atom is 0.331 e. The monoisotopic (exact) mass is 472 g/mol. The van der Waals surface area contributed by atoms with E-state index in [-0.39, 0.29) is 4.90 Å². The molecular formula is C25H32N2O5S. The predicted octanol–water partition coefficient (Wildman–Crippen LogP) is 4.04. The maximum absolute atomic E-state index is 12.5. The molecule has 0 radical (unpaired) electrons. The number of hydrogen-bond acceptors (Lipinski definition) is 5. The lowest BCUT2D eigenvalue weighted by molar-refractivity contribution is -0.142. The van der Waals surface area contributed by atoms with Gasteiger partial charge in [0.15, 0.2) is 6.61 Å². The molecule has 2 aromatic carbocycles. The van der Waals surface area contributed by atoms with Crippen LogP contribution in [-0.2, 0) is 37.2 Å². The Kier molecular flexibility index (Phi) is 9.81. The summed E-state index contributed by atoms with van der Waals surface area (Å²) < 4.78 is 31.5. The molecule has 0 aliphatic heterocycles. The third kappa shape index (κ3) is 7.00. The molecule has 2 aromatic rings. The van der Waals surface area contributed by atoms with Crippen LogP contribution in [0.15, 0.2) is 53.4 Å². The number of carbonyl (C=O) groups is 2. The van der Waals surface area contributed by atoms with E-state index in [0.717, 1.165) is 29.7 Å². The SMILES string of the molecule is CCc1cccc(CC)c1NC(=O)COC(=O)/C=C/c1ccc(S(=O)(=O)N(CC)CC)cc1. The summed E-state index contributed by atoms with van der Waals surface area (Å²) in [5, 5.41) is 2.85. The van der Waals surface area contributed by atoms with Gasteiger partial charge in [-0.05, 0) is 47.7 Å². The molecule has 178 valence electrons.